The van der Waals surface area contributed by atoms with E-state index >= 15 is 0 Å². The van der Waals surface area contributed by atoms with Gasteiger partial charge >= 0.3 is 0 Å². The molecule has 0 aromatic carbocycles. The van der Waals surface area contributed by atoms with Gasteiger partial charge in [0.25, 0.3) is 0 Å². The largest absolute Gasteiger partial charge is 0.388 e. The highest BCUT2D eigenvalue weighted by atomic mass is 35.5. The lowest BCUT2D eigenvalue weighted by Gasteiger charge is -2.17. The van der Waals surface area contributed by atoms with Gasteiger partial charge in [0.2, 0.25) is 5.91 Å². The Kier molecular flexibility index (Phi) is 3.98. The maximum absolute atomic E-state index is 10.8. The van der Waals surface area contributed by atoms with E-state index in [1.54, 1.807) is 12.1 Å². The molecule has 0 bridgehead atoms. The zero-order chi connectivity index (χ0) is 14.0. The number of aliphatic hydroxyl groups is 2. The topological polar surface area (TPSA) is 99.8 Å². The van der Waals surface area contributed by atoms with E-state index < -0.39 is 12.2 Å². The van der Waals surface area contributed by atoms with E-state index in [9.17, 15) is 15.0 Å². The van der Waals surface area contributed by atoms with Crippen LogP contribution in [0.2, 0.25) is 5.15 Å². The van der Waals surface area contributed by atoms with Crippen molar-refractivity contribution >= 4 is 23.2 Å². The molecule has 0 radical (unpaired) electrons. The summed E-state index contributed by atoms with van der Waals surface area (Å²) in [5, 5.41) is 26.5. The van der Waals surface area contributed by atoms with Crippen molar-refractivity contribution in [2.45, 2.75) is 19.1 Å². The molecule has 2 aromatic rings. The Balaban J connectivity index is 2.23. The van der Waals surface area contributed by atoms with E-state index in [1.165, 1.54) is 17.6 Å². The van der Waals surface area contributed by atoms with Crippen LogP contribution in [0.15, 0.2) is 18.3 Å². The smallest absolute Gasteiger partial charge is 0.216 e. The number of carbonyl (C=O) groups is 1. The van der Waals surface area contributed by atoms with Crippen LogP contribution < -0.4 is 5.32 Å². The Hall–Kier alpha value is -1.70. The van der Waals surface area contributed by atoms with Crippen LogP contribution >= 0.6 is 11.6 Å². The number of carbonyl (C=O) groups excluding carboxylic acids is 1. The lowest BCUT2D eigenvalue weighted by atomic mass is 10.1. The van der Waals surface area contributed by atoms with Crippen molar-refractivity contribution in [1.82, 2.24) is 19.9 Å². The summed E-state index contributed by atoms with van der Waals surface area (Å²) in [7, 11) is 0. The first-order valence-corrected chi connectivity index (χ1v) is 5.97. The molecule has 0 aliphatic heterocycles. The van der Waals surface area contributed by atoms with Crippen molar-refractivity contribution in [2.75, 3.05) is 6.54 Å². The number of rotatable bonds is 4. The fourth-order valence-electron chi connectivity index (χ4n) is 1.63. The number of nitrogens with zero attached hydrogens (tertiary/aromatic N) is 3. The van der Waals surface area contributed by atoms with Crippen LogP contribution in [0.4, 0.5) is 0 Å². The standard InChI is InChI=1S/C11H13ClN4O3/c1-6(17)13-5-8(18)11(19)7-4-14-10-3-2-9(12)15-16(7)10/h2-4,8,11,18-19H,5H2,1H3,(H,13,17). The number of fused-ring (bicyclic) bond motifs is 1. The van der Waals surface area contributed by atoms with Crippen LogP contribution in [0.5, 0.6) is 0 Å². The van der Waals surface area contributed by atoms with Crippen LogP contribution in [0, 0.1) is 0 Å². The normalized spacial score (nSPS) is 14.3. The highest BCUT2D eigenvalue weighted by Gasteiger charge is 2.22. The molecule has 2 unspecified atom stereocenters. The molecular weight excluding hydrogens is 272 g/mol. The van der Waals surface area contributed by atoms with Gasteiger partial charge in [-0.15, -0.1) is 0 Å². The Morgan fingerprint density at radius 3 is 2.95 bits per heavy atom. The summed E-state index contributed by atoms with van der Waals surface area (Å²) < 4.78 is 1.35. The SMILES string of the molecule is CC(=O)NCC(O)C(O)c1cnc2ccc(Cl)nn12. The van der Waals surface area contributed by atoms with E-state index in [0.29, 0.717) is 11.3 Å². The number of hydrogen-bond acceptors (Lipinski definition) is 5. The Morgan fingerprint density at radius 1 is 1.53 bits per heavy atom. The third-order valence-corrected chi connectivity index (χ3v) is 2.79. The third-order valence-electron chi connectivity index (χ3n) is 2.58. The van der Waals surface area contributed by atoms with Crippen molar-refractivity contribution in [3.63, 3.8) is 0 Å². The maximum Gasteiger partial charge on any atom is 0.216 e. The molecular formula is C11H13ClN4O3. The summed E-state index contributed by atoms with van der Waals surface area (Å²) in [4.78, 5) is 14.8. The summed E-state index contributed by atoms with van der Waals surface area (Å²) in [6.45, 7) is 1.26. The molecule has 102 valence electrons. The Morgan fingerprint density at radius 2 is 2.26 bits per heavy atom. The third kappa shape index (κ3) is 3.01. The zero-order valence-corrected chi connectivity index (χ0v) is 10.9. The first-order valence-electron chi connectivity index (χ1n) is 5.60. The second-order valence-electron chi connectivity index (χ2n) is 4.06. The molecule has 1 amide bonds. The van der Waals surface area contributed by atoms with E-state index in [-0.39, 0.29) is 17.6 Å². The van der Waals surface area contributed by atoms with Crippen molar-refractivity contribution in [1.29, 1.82) is 0 Å². The average Bonchev–Trinajstić information content (AvgIpc) is 2.77. The molecule has 0 fully saturated rings. The minimum absolute atomic E-state index is 0.0652. The number of nitrogens with one attached hydrogen (secondary N) is 1. The summed E-state index contributed by atoms with van der Waals surface area (Å²) in [6, 6.07) is 3.22. The minimum Gasteiger partial charge on any atom is -0.388 e. The van der Waals surface area contributed by atoms with Gasteiger partial charge in [-0.1, -0.05) is 11.6 Å². The number of imidazole rings is 1. The summed E-state index contributed by atoms with van der Waals surface area (Å²) >= 11 is 5.77. The van der Waals surface area contributed by atoms with Gasteiger partial charge in [-0.3, -0.25) is 4.79 Å². The Bertz CT molecular complexity index is 601. The lowest BCUT2D eigenvalue weighted by molar-refractivity contribution is -0.119. The van der Waals surface area contributed by atoms with Gasteiger partial charge < -0.3 is 15.5 Å². The van der Waals surface area contributed by atoms with E-state index in [0.717, 1.165) is 0 Å². The first-order chi connectivity index (χ1) is 8.99. The molecule has 2 atom stereocenters. The molecule has 0 aliphatic carbocycles. The van der Waals surface area contributed by atoms with Crippen molar-refractivity contribution in [3.05, 3.63) is 29.2 Å². The van der Waals surface area contributed by atoms with Gasteiger partial charge in [0, 0.05) is 13.5 Å². The number of aromatic nitrogens is 3. The predicted molar refractivity (Wildman–Crippen MR) is 67.6 cm³/mol. The quantitative estimate of drug-likeness (QED) is 0.729. The number of amides is 1. The lowest BCUT2D eigenvalue weighted by Crippen LogP contribution is -2.34. The number of halogens is 1. The molecule has 19 heavy (non-hydrogen) atoms. The molecule has 0 saturated heterocycles. The Labute approximate surface area is 113 Å². The van der Waals surface area contributed by atoms with Crippen LogP contribution in [0.3, 0.4) is 0 Å². The van der Waals surface area contributed by atoms with Crippen LogP contribution in [-0.4, -0.2) is 43.4 Å². The van der Waals surface area contributed by atoms with E-state index in [2.05, 4.69) is 15.4 Å². The first kappa shape index (κ1) is 13.7. The van der Waals surface area contributed by atoms with Crippen molar-refractivity contribution < 1.29 is 15.0 Å². The van der Waals surface area contributed by atoms with Gasteiger partial charge in [0.15, 0.2) is 5.65 Å². The molecule has 2 heterocycles. The predicted octanol–water partition coefficient (Wildman–Crippen LogP) is -0.0869. The highest BCUT2D eigenvalue weighted by Crippen LogP contribution is 2.18. The molecule has 0 spiro atoms. The second-order valence-corrected chi connectivity index (χ2v) is 4.45. The minimum atomic E-state index is -1.23. The van der Waals surface area contributed by atoms with Crippen LogP contribution in [0.1, 0.15) is 18.7 Å². The summed E-state index contributed by atoms with van der Waals surface area (Å²) in [5.74, 6) is -0.287. The maximum atomic E-state index is 10.8. The van der Waals surface area contributed by atoms with E-state index in [4.69, 9.17) is 11.6 Å². The molecule has 0 aliphatic rings. The van der Waals surface area contributed by atoms with Gasteiger partial charge in [0.1, 0.15) is 17.4 Å². The van der Waals surface area contributed by atoms with Gasteiger partial charge in [-0.05, 0) is 12.1 Å². The summed E-state index contributed by atoms with van der Waals surface area (Å²) in [5.41, 5.74) is 0.806. The van der Waals surface area contributed by atoms with E-state index in [1.807, 2.05) is 0 Å². The number of hydrogen-bond donors (Lipinski definition) is 3. The summed E-state index contributed by atoms with van der Waals surface area (Å²) in [6.07, 6.45) is -0.988. The highest BCUT2D eigenvalue weighted by molar-refractivity contribution is 6.29. The van der Waals surface area contributed by atoms with Crippen molar-refractivity contribution in [2.24, 2.45) is 0 Å². The molecule has 8 heteroatoms. The van der Waals surface area contributed by atoms with Gasteiger partial charge in [0.05, 0.1) is 11.9 Å². The number of aliphatic hydroxyl groups excluding tert-OH is 2. The molecule has 3 N–H and O–H groups in total. The van der Waals surface area contributed by atoms with Crippen LogP contribution in [-0.2, 0) is 4.79 Å². The molecule has 7 nitrogen and oxygen atoms in total. The second kappa shape index (κ2) is 5.52. The fourth-order valence-corrected chi connectivity index (χ4v) is 1.77. The molecule has 0 saturated carbocycles. The fraction of sp³-hybridized carbons (Fsp3) is 0.364. The van der Waals surface area contributed by atoms with Gasteiger partial charge in [-0.2, -0.15) is 5.10 Å². The molecule has 2 rings (SSSR count). The average molecular weight is 285 g/mol. The molecule has 2 aromatic heterocycles. The zero-order valence-electron chi connectivity index (χ0n) is 10.1. The van der Waals surface area contributed by atoms with Gasteiger partial charge in [-0.25, -0.2) is 9.50 Å². The van der Waals surface area contributed by atoms with Crippen LogP contribution in [0.25, 0.3) is 5.65 Å². The monoisotopic (exact) mass is 284 g/mol. The van der Waals surface area contributed by atoms with Crippen molar-refractivity contribution in [3.8, 4) is 0 Å².